The number of carbonyl (C=O) groups excluding carboxylic acids is 2. The molecule has 1 rings (SSSR count). The van der Waals surface area contributed by atoms with Crippen molar-refractivity contribution in [2.24, 2.45) is 0 Å². The van der Waals surface area contributed by atoms with Crippen LogP contribution in [-0.4, -0.2) is 36.4 Å². The minimum atomic E-state index is -1.56. The molecule has 0 atom stereocenters. The molecule has 0 radical (unpaired) electrons. The summed E-state index contributed by atoms with van der Waals surface area (Å²) in [5, 5.41) is 1.89. The standard InChI is InChI=1S/C18H28N2O4SSi/c1-17(2,3)23-15(21)20(16(22)24-18(4,5)6)14-19-13(12-25-14)10-11-26(7,8)9/h12H,1-9H3. The van der Waals surface area contributed by atoms with Crippen molar-refractivity contribution in [3.05, 3.63) is 11.1 Å². The van der Waals surface area contributed by atoms with Crippen LogP contribution in [0.3, 0.4) is 0 Å². The van der Waals surface area contributed by atoms with E-state index >= 15 is 0 Å². The van der Waals surface area contributed by atoms with E-state index in [1.54, 1.807) is 46.9 Å². The number of carbonyl (C=O) groups is 2. The van der Waals surface area contributed by atoms with E-state index in [1.165, 1.54) is 0 Å². The zero-order valence-corrected chi connectivity index (χ0v) is 18.8. The zero-order chi connectivity index (χ0) is 20.3. The Morgan fingerprint density at radius 3 is 1.88 bits per heavy atom. The molecule has 0 saturated heterocycles. The summed E-state index contributed by atoms with van der Waals surface area (Å²) in [7, 11) is -1.56. The second kappa shape index (κ2) is 7.80. The van der Waals surface area contributed by atoms with Crippen molar-refractivity contribution in [3.63, 3.8) is 0 Å². The van der Waals surface area contributed by atoms with E-state index in [2.05, 4.69) is 36.1 Å². The Labute approximate surface area is 160 Å². The van der Waals surface area contributed by atoms with Gasteiger partial charge in [-0.15, -0.1) is 16.9 Å². The molecule has 144 valence electrons. The number of amides is 2. The molecular formula is C18H28N2O4SSi. The summed E-state index contributed by atoms with van der Waals surface area (Å²) >= 11 is 1.14. The summed E-state index contributed by atoms with van der Waals surface area (Å²) in [6.07, 6.45) is -1.66. The number of anilines is 1. The highest BCUT2D eigenvalue weighted by atomic mass is 32.1. The van der Waals surface area contributed by atoms with Crippen LogP contribution in [0.4, 0.5) is 14.7 Å². The van der Waals surface area contributed by atoms with Crippen LogP contribution in [0.1, 0.15) is 47.2 Å². The van der Waals surface area contributed by atoms with Crippen LogP contribution in [-0.2, 0) is 9.47 Å². The topological polar surface area (TPSA) is 68.7 Å². The SMILES string of the molecule is CC(C)(C)OC(=O)N(C(=O)OC(C)(C)C)c1nc(C#C[Si](C)(C)C)cs1. The highest BCUT2D eigenvalue weighted by Gasteiger charge is 2.34. The fourth-order valence-electron chi connectivity index (χ4n) is 1.52. The minimum absolute atomic E-state index is 0.174. The van der Waals surface area contributed by atoms with E-state index in [1.807, 2.05) is 0 Å². The average molecular weight is 397 g/mol. The van der Waals surface area contributed by atoms with Crippen molar-refractivity contribution in [1.82, 2.24) is 4.98 Å². The predicted octanol–water partition coefficient (Wildman–Crippen LogP) is 5.05. The molecule has 0 aliphatic heterocycles. The van der Waals surface area contributed by atoms with Gasteiger partial charge in [0.1, 0.15) is 25.0 Å². The third-order valence-corrected chi connectivity index (χ3v) is 4.10. The molecule has 8 heteroatoms. The number of imide groups is 1. The number of hydrogen-bond donors (Lipinski definition) is 0. The number of rotatable bonds is 1. The van der Waals surface area contributed by atoms with Crippen molar-refractivity contribution in [2.75, 3.05) is 4.90 Å². The third kappa shape index (κ3) is 8.02. The van der Waals surface area contributed by atoms with Crippen molar-refractivity contribution in [2.45, 2.75) is 72.4 Å². The lowest BCUT2D eigenvalue weighted by atomic mass is 10.2. The summed E-state index contributed by atoms with van der Waals surface area (Å²) in [5.41, 5.74) is 2.22. The molecule has 1 heterocycles. The lowest BCUT2D eigenvalue weighted by Crippen LogP contribution is -2.43. The fraction of sp³-hybridized carbons (Fsp3) is 0.611. The summed E-state index contributed by atoms with van der Waals surface area (Å²) in [6.45, 7) is 16.7. The molecule has 0 unspecified atom stereocenters. The van der Waals surface area contributed by atoms with E-state index in [-0.39, 0.29) is 5.13 Å². The second-order valence-electron chi connectivity index (χ2n) is 8.81. The summed E-state index contributed by atoms with van der Waals surface area (Å²) in [5.74, 6) is 3.01. The predicted molar refractivity (Wildman–Crippen MR) is 107 cm³/mol. The van der Waals surface area contributed by atoms with Crippen molar-refractivity contribution in [3.8, 4) is 11.5 Å². The quantitative estimate of drug-likeness (QED) is 0.491. The smallest absolute Gasteiger partial charge is 0.426 e. The second-order valence-corrected chi connectivity index (χ2v) is 14.4. The van der Waals surface area contributed by atoms with Gasteiger partial charge in [0.2, 0.25) is 5.13 Å². The Bertz CT molecular complexity index is 699. The van der Waals surface area contributed by atoms with E-state index in [0.717, 1.165) is 16.2 Å². The van der Waals surface area contributed by atoms with Gasteiger partial charge in [0.25, 0.3) is 0 Å². The lowest BCUT2D eigenvalue weighted by molar-refractivity contribution is 0.0430. The van der Waals surface area contributed by atoms with Crippen LogP contribution < -0.4 is 4.90 Å². The van der Waals surface area contributed by atoms with Crippen LogP contribution in [0.15, 0.2) is 5.38 Å². The molecule has 0 saturated carbocycles. The monoisotopic (exact) mass is 396 g/mol. The largest absolute Gasteiger partial charge is 0.443 e. The van der Waals surface area contributed by atoms with Gasteiger partial charge in [-0.25, -0.2) is 14.6 Å². The van der Waals surface area contributed by atoms with Gasteiger partial charge in [0.05, 0.1) is 0 Å². The maximum atomic E-state index is 12.6. The van der Waals surface area contributed by atoms with Gasteiger partial charge in [-0.05, 0) is 41.5 Å². The highest BCUT2D eigenvalue weighted by Crippen LogP contribution is 2.25. The Balaban J connectivity index is 3.20. The number of hydrogen-bond acceptors (Lipinski definition) is 6. The molecular weight excluding hydrogens is 368 g/mol. The molecule has 1 aromatic heterocycles. The average Bonchev–Trinajstić information content (AvgIpc) is 2.79. The van der Waals surface area contributed by atoms with Crippen LogP contribution >= 0.6 is 11.3 Å². The Hall–Kier alpha value is -1.85. The Morgan fingerprint density at radius 1 is 1.04 bits per heavy atom. The first-order valence-electron chi connectivity index (χ1n) is 8.32. The van der Waals surface area contributed by atoms with Crippen LogP contribution in [0, 0.1) is 11.5 Å². The number of ether oxygens (including phenoxy) is 2. The maximum absolute atomic E-state index is 12.6. The van der Waals surface area contributed by atoms with Gasteiger partial charge >= 0.3 is 12.2 Å². The van der Waals surface area contributed by atoms with Crippen LogP contribution in [0.5, 0.6) is 0 Å². The van der Waals surface area contributed by atoms with Crippen LogP contribution in [0.25, 0.3) is 0 Å². The number of aromatic nitrogens is 1. The normalized spacial score (nSPS) is 12.0. The molecule has 0 aromatic carbocycles. The Kier molecular flexibility index (Phi) is 6.66. The van der Waals surface area contributed by atoms with E-state index in [0.29, 0.717) is 5.69 Å². The molecule has 0 N–H and O–H groups in total. The van der Waals surface area contributed by atoms with E-state index < -0.39 is 31.5 Å². The molecule has 2 amide bonds. The summed E-state index contributed by atoms with van der Waals surface area (Å²) < 4.78 is 10.7. The molecule has 0 bridgehead atoms. The van der Waals surface area contributed by atoms with Gasteiger partial charge in [0, 0.05) is 5.38 Å². The minimum Gasteiger partial charge on any atom is -0.443 e. The molecule has 0 fully saturated rings. The molecule has 1 aromatic rings. The number of thiazole rings is 1. The zero-order valence-electron chi connectivity index (χ0n) is 17.0. The molecule has 0 spiro atoms. The third-order valence-electron chi connectivity index (χ3n) is 2.40. The lowest BCUT2D eigenvalue weighted by Gasteiger charge is -2.27. The molecule has 6 nitrogen and oxygen atoms in total. The van der Waals surface area contributed by atoms with Gasteiger partial charge in [-0.1, -0.05) is 25.6 Å². The van der Waals surface area contributed by atoms with E-state index in [4.69, 9.17) is 9.47 Å². The number of nitrogens with zero attached hydrogens (tertiary/aromatic N) is 2. The van der Waals surface area contributed by atoms with Gasteiger partial charge in [0.15, 0.2) is 0 Å². The molecule has 0 aliphatic carbocycles. The summed E-state index contributed by atoms with van der Waals surface area (Å²) in [4.78, 5) is 30.2. The Morgan fingerprint density at radius 2 is 1.50 bits per heavy atom. The highest BCUT2D eigenvalue weighted by molar-refractivity contribution is 7.14. The molecule has 26 heavy (non-hydrogen) atoms. The first kappa shape index (κ1) is 22.2. The maximum Gasteiger partial charge on any atom is 0.426 e. The van der Waals surface area contributed by atoms with Gasteiger partial charge < -0.3 is 9.47 Å². The first-order chi connectivity index (χ1) is 11.6. The first-order valence-corrected chi connectivity index (χ1v) is 12.7. The van der Waals surface area contributed by atoms with Crippen molar-refractivity contribution < 1.29 is 19.1 Å². The summed E-state index contributed by atoms with van der Waals surface area (Å²) in [6, 6.07) is 0. The van der Waals surface area contributed by atoms with Crippen molar-refractivity contribution in [1.29, 1.82) is 0 Å². The van der Waals surface area contributed by atoms with Gasteiger partial charge in [-0.3, -0.25) is 0 Å². The van der Waals surface area contributed by atoms with Gasteiger partial charge in [-0.2, -0.15) is 4.90 Å². The van der Waals surface area contributed by atoms with Crippen molar-refractivity contribution >= 4 is 36.7 Å². The fourth-order valence-corrected chi connectivity index (χ4v) is 2.76. The van der Waals surface area contributed by atoms with E-state index in [9.17, 15) is 9.59 Å². The van der Waals surface area contributed by atoms with Crippen LogP contribution in [0.2, 0.25) is 19.6 Å². The molecule has 0 aliphatic rings.